The summed E-state index contributed by atoms with van der Waals surface area (Å²) in [5.41, 5.74) is 1.67. The SMILES string of the molecule is COc1cc(Nc2nc3ccccc3nc2NS(=O)(=O)c2ccc(Cl)nc2)cc(OC)c1. The molecular formula is C21H18ClN5O4S. The molecule has 2 heterocycles. The molecule has 0 aliphatic carbocycles. The minimum atomic E-state index is -4.00. The zero-order valence-electron chi connectivity index (χ0n) is 17.0. The Hall–Kier alpha value is -3.63. The van der Waals surface area contributed by atoms with Gasteiger partial charge in [0.2, 0.25) is 0 Å². The maximum atomic E-state index is 12.9. The summed E-state index contributed by atoms with van der Waals surface area (Å²) in [6, 6.07) is 15.0. The average molecular weight is 472 g/mol. The van der Waals surface area contributed by atoms with Crippen LogP contribution in [0.1, 0.15) is 0 Å². The van der Waals surface area contributed by atoms with Gasteiger partial charge in [0.05, 0.1) is 25.3 Å². The van der Waals surface area contributed by atoms with E-state index < -0.39 is 10.0 Å². The van der Waals surface area contributed by atoms with Crippen molar-refractivity contribution in [2.75, 3.05) is 24.3 Å². The molecule has 4 rings (SSSR count). The Morgan fingerprint density at radius 3 is 2.06 bits per heavy atom. The topological polar surface area (TPSA) is 115 Å². The molecule has 11 heteroatoms. The molecule has 4 aromatic rings. The van der Waals surface area contributed by atoms with Gasteiger partial charge in [-0.1, -0.05) is 23.7 Å². The van der Waals surface area contributed by atoms with Gasteiger partial charge in [-0.3, -0.25) is 4.72 Å². The molecule has 0 bridgehead atoms. The van der Waals surface area contributed by atoms with E-state index in [-0.39, 0.29) is 21.7 Å². The van der Waals surface area contributed by atoms with Crippen LogP contribution in [0.5, 0.6) is 11.5 Å². The minimum absolute atomic E-state index is 0.0143. The van der Waals surface area contributed by atoms with E-state index in [1.165, 1.54) is 32.5 Å². The van der Waals surface area contributed by atoms with Crippen molar-refractivity contribution in [1.29, 1.82) is 0 Å². The highest BCUT2D eigenvalue weighted by molar-refractivity contribution is 7.92. The lowest BCUT2D eigenvalue weighted by Gasteiger charge is -2.15. The van der Waals surface area contributed by atoms with Gasteiger partial charge in [0.25, 0.3) is 10.0 Å². The lowest BCUT2D eigenvalue weighted by atomic mass is 10.2. The van der Waals surface area contributed by atoms with Crippen molar-refractivity contribution in [2.24, 2.45) is 0 Å². The minimum Gasteiger partial charge on any atom is -0.497 e. The maximum Gasteiger partial charge on any atom is 0.264 e. The largest absolute Gasteiger partial charge is 0.497 e. The molecule has 0 saturated carbocycles. The zero-order valence-corrected chi connectivity index (χ0v) is 18.6. The number of methoxy groups -OCH3 is 2. The monoisotopic (exact) mass is 471 g/mol. The van der Waals surface area contributed by atoms with Gasteiger partial charge in [-0.25, -0.2) is 23.4 Å². The van der Waals surface area contributed by atoms with Crippen LogP contribution in [0.3, 0.4) is 0 Å². The van der Waals surface area contributed by atoms with E-state index >= 15 is 0 Å². The number of nitrogens with one attached hydrogen (secondary N) is 2. The number of halogens is 1. The zero-order chi connectivity index (χ0) is 22.7. The second-order valence-electron chi connectivity index (χ2n) is 6.56. The first kappa shape index (κ1) is 21.6. The molecule has 0 spiro atoms. The van der Waals surface area contributed by atoms with E-state index in [9.17, 15) is 8.42 Å². The number of anilines is 3. The summed E-state index contributed by atoms with van der Waals surface area (Å²) in [7, 11) is -0.931. The standard InChI is InChI=1S/C21H18ClN5O4S/c1-30-14-9-13(10-15(11-14)31-2)24-20-21(26-18-6-4-3-5-17(18)25-20)27-32(28,29)16-7-8-19(22)23-12-16/h3-12H,1-2H3,(H,24,25)(H,26,27). The molecule has 0 saturated heterocycles. The highest BCUT2D eigenvalue weighted by Gasteiger charge is 2.20. The smallest absolute Gasteiger partial charge is 0.264 e. The Labute approximate surface area is 189 Å². The molecule has 0 aliphatic heterocycles. The summed E-state index contributed by atoms with van der Waals surface area (Å²) in [5, 5.41) is 3.28. The molecule has 2 aromatic heterocycles. The first-order valence-corrected chi connectivity index (χ1v) is 11.2. The summed E-state index contributed by atoms with van der Waals surface area (Å²) in [4.78, 5) is 12.8. The fourth-order valence-electron chi connectivity index (χ4n) is 2.88. The van der Waals surface area contributed by atoms with Crippen LogP contribution in [0.4, 0.5) is 17.3 Å². The van der Waals surface area contributed by atoms with Gasteiger partial charge in [0.1, 0.15) is 21.5 Å². The quantitative estimate of drug-likeness (QED) is 0.384. The molecule has 164 valence electrons. The molecular weight excluding hydrogens is 454 g/mol. The first-order valence-electron chi connectivity index (χ1n) is 9.29. The molecule has 9 nitrogen and oxygen atoms in total. The molecule has 2 aromatic carbocycles. The van der Waals surface area contributed by atoms with Crippen molar-refractivity contribution in [3.63, 3.8) is 0 Å². The lowest BCUT2D eigenvalue weighted by molar-refractivity contribution is 0.395. The van der Waals surface area contributed by atoms with Crippen molar-refractivity contribution in [1.82, 2.24) is 15.0 Å². The van der Waals surface area contributed by atoms with Gasteiger partial charge in [-0.2, -0.15) is 0 Å². The molecule has 32 heavy (non-hydrogen) atoms. The number of pyridine rings is 1. The Morgan fingerprint density at radius 1 is 0.875 bits per heavy atom. The third kappa shape index (κ3) is 4.66. The van der Waals surface area contributed by atoms with Crippen LogP contribution in [0, 0.1) is 0 Å². The van der Waals surface area contributed by atoms with Crippen LogP contribution in [0.2, 0.25) is 5.15 Å². The number of hydrogen-bond acceptors (Lipinski definition) is 8. The molecule has 0 radical (unpaired) electrons. The van der Waals surface area contributed by atoms with Gasteiger partial charge < -0.3 is 14.8 Å². The van der Waals surface area contributed by atoms with Crippen molar-refractivity contribution < 1.29 is 17.9 Å². The maximum absolute atomic E-state index is 12.9. The van der Waals surface area contributed by atoms with Gasteiger partial charge in [0.15, 0.2) is 11.6 Å². The molecule has 0 unspecified atom stereocenters. The van der Waals surface area contributed by atoms with Crippen LogP contribution in [0.25, 0.3) is 11.0 Å². The summed E-state index contributed by atoms with van der Waals surface area (Å²) < 4.78 is 38.9. The fourth-order valence-corrected chi connectivity index (χ4v) is 3.95. The van der Waals surface area contributed by atoms with E-state index in [0.29, 0.717) is 28.2 Å². The number of aromatic nitrogens is 3. The Balaban J connectivity index is 1.78. The van der Waals surface area contributed by atoms with Crippen molar-refractivity contribution in [2.45, 2.75) is 4.90 Å². The summed E-state index contributed by atoms with van der Waals surface area (Å²) >= 11 is 5.77. The van der Waals surface area contributed by atoms with Gasteiger partial charge in [0, 0.05) is 30.1 Å². The Morgan fingerprint density at radius 2 is 1.50 bits per heavy atom. The number of hydrogen-bond donors (Lipinski definition) is 2. The van der Waals surface area contributed by atoms with E-state index in [1.807, 2.05) is 6.07 Å². The molecule has 0 fully saturated rings. The molecule has 2 N–H and O–H groups in total. The highest BCUT2D eigenvalue weighted by atomic mass is 35.5. The number of ether oxygens (including phenoxy) is 2. The molecule has 0 amide bonds. The Kier molecular flexibility index (Phi) is 5.97. The van der Waals surface area contributed by atoms with E-state index in [0.717, 1.165) is 0 Å². The van der Waals surface area contributed by atoms with Crippen LogP contribution >= 0.6 is 11.6 Å². The van der Waals surface area contributed by atoms with Crippen LogP contribution in [-0.4, -0.2) is 37.6 Å². The molecule has 0 aliphatic rings. The first-order chi connectivity index (χ1) is 15.4. The summed E-state index contributed by atoms with van der Waals surface area (Å²) in [6.45, 7) is 0. The average Bonchev–Trinajstić information content (AvgIpc) is 2.79. The van der Waals surface area contributed by atoms with Crippen LogP contribution in [-0.2, 0) is 10.0 Å². The molecule has 0 atom stereocenters. The number of sulfonamides is 1. The number of fused-ring (bicyclic) bond motifs is 1. The number of para-hydroxylation sites is 2. The van der Waals surface area contributed by atoms with Crippen LogP contribution < -0.4 is 19.5 Å². The normalized spacial score (nSPS) is 11.2. The second kappa shape index (κ2) is 8.85. The van der Waals surface area contributed by atoms with Crippen LogP contribution in [0.15, 0.2) is 65.7 Å². The number of nitrogens with zero attached hydrogens (tertiary/aromatic N) is 3. The summed E-state index contributed by atoms with van der Waals surface area (Å²) in [5.74, 6) is 1.31. The van der Waals surface area contributed by atoms with E-state index in [1.54, 1.807) is 36.4 Å². The number of benzene rings is 2. The van der Waals surface area contributed by atoms with Crippen molar-refractivity contribution in [3.05, 3.63) is 65.9 Å². The lowest BCUT2D eigenvalue weighted by Crippen LogP contribution is -2.16. The Bertz CT molecular complexity index is 1360. The predicted molar refractivity (Wildman–Crippen MR) is 122 cm³/mol. The predicted octanol–water partition coefficient (Wildman–Crippen LogP) is 4.24. The fraction of sp³-hybridized carbons (Fsp3) is 0.0952. The number of rotatable bonds is 7. The highest BCUT2D eigenvalue weighted by Crippen LogP contribution is 2.31. The summed E-state index contributed by atoms with van der Waals surface area (Å²) in [6.07, 6.45) is 1.17. The third-order valence-electron chi connectivity index (χ3n) is 4.43. The second-order valence-corrected chi connectivity index (χ2v) is 8.63. The third-order valence-corrected chi connectivity index (χ3v) is 5.97. The van der Waals surface area contributed by atoms with E-state index in [2.05, 4.69) is 25.0 Å². The van der Waals surface area contributed by atoms with Crippen molar-refractivity contribution >= 4 is 50.0 Å². The van der Waals surface area contributed by atoms with Gasteiger partial charge in [-0.05, 0) is 24.3 Å². The van der Waals surface area contributed by atoms with Crippen molar-refractivity contribution in [3.8, 4) is 11.5 Å². The van der Waals surface area contributed by atoms with Gasteiger partial charge >= 0.3 is 0 Å². The van der Waals surface area contributed by atoms with Gasteiger partial charge in [-0.15, -0.1) is 0 Å². The van der Waals surface area contributed by atoms with E-state index in [4.69, 9.17) is 21.1 Å².